The number of carbonyl (C=O) groups excluding carboxylic acids is 1. The monoisotopic (exact) mass is 387 g/mol. The fourth-order valence-corrected chi connectivity index (χ4v) is 3.03. The number of carbonyl (C=O) groups is 1. The summed E-state index contributed by atoms with van der Waals surface area (Å²) in [4.78, 5) is 12.1. The Morgan fingerprint density at radius 3 is 2.61 bits per heavy atom. The molecule has 1 unspecified atom stereocenters. The summed E-state index contributed by atoms with van der Waals surface area (Å²) in [5.41, 5.74) is 1.90. The highest BCUT2D eigenvalue weighted by molar-refractivity contribution is 5.93. The Hall–Kier alpha value is -2.93. The molecule has 0 aliphatic carbocycles. The zero-order valence-electron chi connectivity index (χ0n) is 15.7. The van der Waals surface area contributed by atoms with Crippen LogP contribution in [0.5, 0.6) is 0 Å². The van der Waals surface area contributed by atoms with Crippen LogP contribution < -0.4 is 10.6 Å². The maximum absolute atomic E-state index is 13.2. The third kappa shape index (κ3) is 4.67. The number of halogens is 2. The number of rotatable bonds is 6. The van der Waals surface area contributed by atoms with Gasteiger partial charge in [-0.3, -0.25) is 0 Å². The number of nitrogens with zero attached hydrogens (tertiary/aromatic N) is 1. The first kappa shape index (κ1) is 19.8. The highest BCUT2D eigenvalue weighted by Gasteiger charge is 2.13. The SMILES string of the molecule is CC(C)Cn1ccc2cc(NC(=O)NCC(O)c3ccc(F)c(F)c3)ccc21. The Balaban J connectivity index is 1.59. The highest BCUT2D eigenvalue weighted by Crippen LogP contribution is 2.21. The average Bonchev–Trinajstić information content (AvgIpc) is 3.03. The van der Waals surface area contributed by atoms with Crippen LogP contribution in [-0.4, -0.2) is 22.2 Å². The fourth-order valence-electron chi connectivity index (χ4n) is 3.03. The molecule has 0 aliphatic rings. The van der Waals surface area contributed by atoms with Crippen molar-refractivity contribution in [2.45, 2.75) is 26.5 Å². The van der Waals surface area contributed by atoms with E-state index >= 15 is 0 Å². The van der Waals surface area contributed by atoms with Gasteiger partial charge in [-0.2, -0.15) is 0 Å². The van der Waals surface area contributed by atoms with Crippen LogP contribution in [-0.2, 0) is 6.54 Å². The van der Waals surface area contributed by atoms with Crippen LogP contribution in [0, 0.1) is 17.6 Å². The van der Waals surface area contributed by atoms with Gasteiger partial charge in [-0.05, 0) is 47.9 Å². The van der Waals surface area contributed by atoms with E-state index in [4.69, 9.17) is 0 Å². The van der Waals surface area contributed by atoms with Gasteiger partial charge in [-0.15, -0.1) is 0 Å². The zero-order valence-corrected chi connectivity index (χ0v) is 15.7. The minimum atomic E-state index is -1.15. The lowest BCUT2D eigenvalue weighted by atomic mass is 10.1. The normalized spacial score (nSPS) is 12.4. The molecule has 0 aliphatic heterocycles. The van der Waals surface area contributed by atoms with Crippen molar-refractivity contribution in [2.24, 2.45) is 5.92 Å². The predicted molar refractivity (Wildman–Crippen MR) is 105 cm³/mol. The quantitative estimate of drug-likeness (QED) is 0.586. The first-order valence-corrected chi connectivity index (χ1v) is 9.10. The number of fused-ring (bicyclic) bond motifs is 1. The molecule has 1 heterocycles. The Morgan fingerprint density at radius 2 is 1.89 bits per heavy atom. The number of amides is 2. The maximum atomic E-state index is 13.2. The number of benzene rings is 2. The second-order valence-electron chi connectivity index (χ2n) is 7.16. The van der Waals surface area contributed by atoms with Gasteiger partial charge in [0.05, 0.1) is 6.10 Å². The summed E-state index contributed by atoms with van der Waals surface area (Å²) in [5, 5.41) is 16.3. The third-order valence-corrected chi connectivity index (χ3v) is 4.38. The number of aromatic nitrogens is 1. The molecule has 0 bridgehead atoms. The molecule has 28 heavy (non-hydrogen) atoms. The topological polar surface area (TPSA) is 66.3 Å². The molecule has 0 saturated heterocycles. The van der Waals surface area contributed by atoms with E-state index in [2.05, 4.69) is 29.0 Å². The van der Waals surface area contributed by atoms with Gasteiger partial charge < -0.3 is 20.3 Å². The third-order valence-electron chi connectivity index (χ3n) is 4.38. The lowest BCUT2D eigenvalue weighted by Crippen LogP contribution is -2.32. The van der Waals surface area contributed by atoms with Crippen LogP contribution in [0.15, 0.2) is 48.7 Å². The summed E-state index contributed by atoms with van der Waals surface area (Å²) >= 11 is 0. The van der Waals surface area contributed by atoms with Crippen molar-refractivity contribution in [3.63, 3.8) is 0 Å². The molecule has 0 radical (unpaired) electrons. The minimum Gasteiger partial charge on any atom is -0.387 e. The molecule has 7 heteroatoms. The molecule has 3 rings (SSSR count). The molecule has 3 aromatic rings. The van der Waals surface area contributed by atoms with Crippen LogP contribution in [0.3, 0.4) is 0 Å². The zero-order chi connectivity index (χ0) is 20.3. The van der Waals surface area contributed by atoms with E-state index in [-0.39, 0.29) is 12.1 Å². The molecule has 1 aromatic heterocycles. The van der Waals surface area contributed by atoms with Crippen molar-refractivity contribution in [1.82, 2.24) is 9.88 Å². The Bertz CT molecular complexity index is 985. The van der Waals surface area contributed by atoms with E-state index in [0.717, 1.165) is 29.6 Å². The van der Waals surface area contributed by atoms with Crippen molar-refractivity contribution in [1.29, 1.82) is 0 Å². The van der Waals surface area contributed by atoms with E-state index in [9.17, 15) is 18.7 Å². The van der Waals surface area contributed by atoms with Crippen LogP contribution in [0.2, 0.25) is 0 Å². The molecule has 2 amide bonds. The molecule has 2 aromatic carbocycles. The van der Waals surface area contributed by atoms with Crippen molar-refractivity contribution >= 4 is 22.6 Å². The summed E-state index contributed by atoms with van der Waals surface area (Å²) in [5.74, 6) is -1.50. The number of hydrogen-bond donors (Lipinski definition) is 3. The van der Waals surface area contributed by atoms with Gasteiger partial charge in [0.1, 0.15) is 0 Å². The van der Waals surface area contributed by atoms with E-state index in [1.54, 1.807) is 0 Å². The largest absolute Gasteiger partial charge is 0.387 e. The molecule has 3 N–H and O–H groups in total. The van der Waals surface area contributed by atoms with Crippen molar-refractivity contribution in [2.75, 3.05) is 11.9 Å². The van der Waals surface area contributed by atoms with Gasteiger partial charge in [-0.1, -0.05) is 19.9 Å². The van der Waals surface area contributed by atoms with E-state index in [1.165, 1.54) is 6.07 Å². The summed E-state index contributed by atoms with van der Waals surface area (Å²) < 4.78 is 28.4. The van der Waals surface area contributed by atoms with Crippen molar-refractivity contribution in [3.05, 3.63) is 65.9 Å². The molecule has 0 spiro atoms. The Morgan fingerprint density at radius 1 is 1.11 bits per heavy atom. The molecule has 148 valence electrons. The number of nitrogens with one attached hydrogen (secondary N) is 2. The maximum Gasteiger partial charge on any atom is 0.319 e. The van der Waals surface area contributed by atoms with Crippen LogP contribution in [0.25, 0.3) is 10.9 Å². The van der Waals surface area contributed by atoms with Gasteiger partial charge in [0.25, 0.3) is 0 Å². The second-order valence-corrected chi connectivity index (χ2v) is 7.16. The average molecular weight is 387 g/mol. The van der Waals surface area contributed by atoms with Crippen molar-refractivity contribution < 1.29 is 18.7 Å². The number of urea groups is 1. The van der Waals surface area contributed by atoms with Gasteiger partial charge in [0.2, 0.25) is 0 Å². The second kappa shape index (κ2) is 8.39. The number of anilines is 1. The lowest BCUT2D eigenvalue weighted by molar-refractivity contribution is 0.174. The number of hydrogen-bond acceptors (Lipinski definition) is 2. The van der Waals surface area contributed by atoms with Gasteiger partial charge in [0, 0.05) is 35.9 Å². The number of aliphatic hydroxyl groups excluding tert-OH is 1. The summed E-state index contributed by atoms with van der Waals surface area (Å²) in [6.45, 7) is 5.09. The van der Waals surface area contributed by atoms with E-state index < -0.39 is 23.8 Å². The Kier molecular flexibility index (Phi) is 5.94. The number of aliphatic hydroxyl groups is 1. The lowest BCUT2D eigenvalue weighted by Gasteiger charge is -2.13. The van der Waals surface area contributed by atoms with Gasteiger partial charge in [-0.25, -0.2) is 13.6 Å². The van der Waals surface area contributed by atoms with E-state index in [1.807, 2.05) is 30.5 Å². The predicted octanol–water partition coefficient (Wildman–Crippen LogP) is 4.43. The van der Waals surface area contributed by atoms with Crippen LogP contribution >= 0.6 is 0 Å². The summed E-state index contributed by atoms with van der Waals surface area (Å²) in [7, 11) is 0. The van der Waals surface area contributed by atoms with Crippen LogP contribution in [0.1, 0.15) is 25.5 Å². The highest BCUT2D eigenvalue weighted by atomic mass is 19.2. The minimum absolute atomic E-state index is 0.135. The standard InChI is InChI=1S/C21H23F2N3O2/c1-13(2)12-26-8-7-14-9-16(4-6-19(14)26)25-21(28)24-11-20(27)15-3-5-17(22)18(23)10-15/h3-10,13,20,27H,11-12H2,1-2H3,(H2,24,25,28). The van der Waals surface area contributed by atoms with Crippen molar-refractivity contribution in [3.8, 4) is 0 Å². The molecular weight excluding hydrogens is 364 g/mol. The smallest absolute Gasteiger partial charge is 0.319 e. The van der Waals surface area contributed by atoms with Gasteiger partial charge >= 0.3 is 6.03 Å². The molecule has 0 fully saturated rings. The first-order chi connectivity index (χ1) is 13.3. The summed E-state index contributed by atoms with van der Waals surface area (Å²) in [6, 6.07) is 10.3. The van der Waals surface area contributed by atoms with Gasteiger partial charge in [0.15, 0.2) is 11.6 Å². The first-order valence-electron chi connectivity index (χ1n) is 9.10. The Labute approximate surface area is 162 Å². The fraction of sp³-hybridized carbons (Fsp3) is 0.286. The molecule has 5 nitrogen and oxygen atoms in total. The molecule has 0 saturated carbocycles. The van der Waals surface area contributed by atoms with Crippen LogP contribution in [0.4, 0.5) is 19.3 Å². The summed E-state index contributed by atoms with van der Waals surface area (Å²) in [6.07, 6.45) is 0.876. The molecular formula is C21H23F2N3O2. The molecule has 1 atom stereocenters. The van der Waals surface area contributed by atoms with E-state index in [0.29, 0.717) is 11.6 Å².